The second-order valence-electron chi connectivity index (χ2n) is 7.09. The van der Waals surface area contributed by atoms with Crippen molar-refractivity contribution in [2.24, 2.45) is 5.92 Å². The van der Waals surface area contributed by atoms with Gasteiger partial charge in [0, 0.05) is 43.8 Å². The van der Waals surface area contributed by atoms with Gasteiger partial charge in [0.15, 0.2) is 5.13 Å². The summed E-state index contributed by atoms with van der Waals surface area (Å²) < 4.78 is 0. The van der Waals surface area contributed by atoms with Crippen LogP contribution in [-0.4, -0.2) is 54.1 Å². The van der Waals surface area contributed by atoms with Gasteiger partial charge >= 0.3 is 0 Å². The first kappa shape index (κ1) is 15.4. The van der Waals surface area contributed by atoms with Crippen LogP contribution in [0.1, 0.15) is 38.5 Å². The predicted molar refractivity (Wildman–Crippen MR) is 92.8 cm³/mol. The van der Waals surface area contributed by atoms with E-state index in [4.69, 9.17) is 0 Å². The molecule has 1 aromatic rings. The number of anilines is 1. The minimum Gasteiger partial charge on any atom is -0.346 e. The second-order valence-corrected chi connectivity index (χ2v) is 7.96. The average Bonchev–Trinajstić information content (AvgIpc) is 3.19. The van der Waals surface area contributed by atoms with E-state index in [0.29, 0.717) is 11.9 Å². The lowest BCUT2D eigenvalue weighted by Crippen LogP contribution is -2.46. The van der Waals surface area contributed by atoms with Crippen LogP contribution in [0.25, 0.3) is 0 Å². The molecule has 3 fully saturated rings. The van der Waals surface area contributed by atoms with Gasteiger partial charge in [0.05, 0.1) is 6.04 Å². The Morgan fingerprint density at radius 2 is 2.09 bits per heavy atom. The number of hydrogen-bond donors (Lipinski definition) is 1. The average molecular weight is 334 g/mol. The van der Waals surface area contributed by atoms with Crippen LogP contribution in [0, 0.1) is 5.92 Å². The van der Waals surface area contributed by atoms with Crippen LogP contribution in [0.5, 0.6) is 0 Å². The fraction of sp³-hybridized carbons (Fsp3) is 0.765. The highest BCUT2D eigenvalue weighted by Gasteiger charge is 2.39. The fourth-order valence-corrected chi connectivity index (χ4v) is 5.13. The second kappa shape index (κ2) is 6.77. The van der Waals surface area contributed by atoms with Crippen molar-refractivity contribution in [3.63, 3.8) is 0 Å². The predicted octanol–water partition coefficient (Wildman–Crippen LogP) is 2.10. The minimum atomic E-state index is 0.0644. The van der Waals surface area contributed by atoms with Crippen LogP contribution >= 0.6 is 11.3 Å². The monoisotopic (exact) mass is 334 g/mol. The molecule has 2 saturated heterocycles. The molecule has 0 radical (unpaired) electrons. The normalized spacial score (nSPS) is 31.7. The molecule has 6 heteroatoms. The molecule has 0 spiro atoms. The smallest absolute Gasteiger partial charge is 0.239 e. The van der Waals surface area contributed by atoms with E-state index in [1.165, 1.54) is 25.7 Å². The maximum absolute atomic E-state index is 12.9. The van der Waals surface area contributed by atoms with Gasteiger partial charge < -0.3 is 15.1 Å². The molecule has 3 atom stereocenters. The topological polar surface area (TPSA) is 48.5 Å². The third-order valence-corrected chi connectivity index (χ3v) is 6.49. The van der Waals surface area contributed by atoms with Crippen LogP contribution in [0.4, 0.5) is 5.13 Å². The third kappa shape index (κ3) is 3.24. The number of aromatic nitrogens is 1. The summed E-state index contributed by atoms with van der Waals surface area (Å²) >= 11 is 1.69. The number of nitrogens with zero attached hydrogens (tertiary/aromatic N) is 3. The Kier molecular flexibility index (Phi) is 4.53. The van der Waals surface area contributed by atoms with Gasteiger partial charge in [-0.2, -0.15) is 0 Å². The molecule has 0 bridgehead atoms. The Balaban J connectivity index is 1.36. The molecular formula is C17H26N4OS. The minimum absolute atomic E-state index is 0.0644. The fourth-order valence-electron chi connectivity index (χ4n) is 4.43. The van der Waals surface area contributed by atoms with Crippen molar-refractivity contribution in [1.29, 1.82) is 0 Å². The highest BCUT2D eigenvalue weighted by molar-refractivity contribution is 7.13. The van der Waals surface area contributed by atoms with Crippen molar-refractivity contribution in [3.8, 4) is 0 Å². The highest BCUT2D eigenvalue weighted by Crippen LogP contribution is 2.33. The number of rotatable bonds is 2. The van der Waals surface area contributed by atoms with Crippen molar-refractivity contribution in [3.05, 3.63) is 11.6 Å². The van der Waals surface area contributed by atoms with Gasteiger partial charge in [-0.05, 0) is 31.6 Å². The molecule has 1 saturated carbocycles. The van der Waals surface area contributed by atoms with Crippen molar-refractivity contribution < 1.29 is 4.79 Å². The molecule has 1 amide bonds. The molecule has 1 N–H and O–H groups in total. The molecule has 2 aliphatic heterocycles. The van der Waals surface area contributed by atoms with E-state index < -0.39 is 0 Å². The number of carbonyl (C=O) groups is 1. The zero-order valence-corrected chi connectivity index (χ0v) is 14.4. The summed E-state index contributed by atoms with van der Waals surface area (Å²) in [4.78, 5) is 21.7. The first-order chi connectivity index (χ1) is 11.3. The SMILES string of the molecule is O=C([C@@H]1C[C@H]2CCCC[C@H]2N1)N1CCCN(c2nccs2)CC1. The standard InChI is InChI=1S/C17H26N4OS/c22-16(15-12-13-4-1-2-5-14(13)19-15)20-7-3-8-21(10-9-20)17-18-6-11-23-17/h6,11,13-15,19H,1-5,7-10,12H2/t13-,14-,15+/m1/s1. The number of nitrogens with one attached hydrogen (secondary N) is 1. The number of amides is 1. The van der Waals surface area contributed by atoms with Crippen LogP contribution in [0.2, 0.25) is 0 Å². The zero-order valence-electron chi connectivity index (χ0n) is 13.6. The van der Waals surface area contributed by atoms with Crippen molar-refractivity contribution in [2.75, 3.05) is 31.1 Å². The lowest BCUT2D eigenvalue weighted by Gasteiger charge is -2.25. The number of thiazole rings is 1. The Morgan fingerprint density at radius 1 is 1.17 bits per heavy atom. The summed E-state index contributed by atoms with van der Waals surface area (Å²) in [6, 6.07) is 0.658. The van der Waals surface area contributed by atoms with Crippen molar-refractivity contribution in [2.45, 2.75) is 50.6 Å². The zero-order chi connectivity index (χ0) is 15.6. The van der Waals surface area contributed by atoms with Crippen LogP contribution in [0.3, 0.4) is 0 Å². The lowest BCUT2D eigenvalue weighted by molar-refractivity contribution is -0.133. The van der Waals surface area contributed by atoms with E-state index in [1.54, 1.807) is 11.3 Å². The van der Waals surface area contributed by atoms with Crippen LogP contribution in [0.15, 0.2) is 11.6 Å². The van der Waals surface area contributed by atoms with Crippen LogP contribution in [-0.2, 0) is 4.79 Å². The number of hydrogen-bond acceptors (Lipinski definition) is 5. The summed E-state index contributed by atoms with van der Waals surface area (Å²) in [6.07, 6.45) is 9.17. The number of carbonyl (C=O) groups excluding carboxylic acids is 1. The summed E-state index contributed by atoms with van der Waals surface area (Å²) in [5.74, 6) is 1.07. The molecule has 1 aromatic heterocycles. The van der Waals surface area contributed by atoms with Gasteiger partial charge in [-0.1, -0.05) is 12.8 Å². The third-order valence-electron chi connectivity index (χ3n) is 5.66. The van der Waals surface area contributed by atoms with Crippen molar-refractivity contribution >= 4 is 22.4 Å². The summed E-state index contributed by atoms with van der Waals surface area (Å²) in [5.41, 5.74) is 0. The van der Waals surface area contributed by atoms with Gasteiger partial charge in [0.2, 0.25) is 5.91 Å². The largest absolute Gasteiger partial charge is 0.346 e. The van der Waals surface area contributed by atoms with Gasteiger partial charge in [-0.15, -0.1) is 11.3 Å². The highest BCUT2D eigenvalue weighted by atomic mass is 32.1. The first-order valence-corrected chi connectivity index (χ1v) is 9.88. The first-order valence-electron chi connectivity index (χ1n) is 9.00. The molecular weight excluding hydrogens is 308 g/mol. The molecule has 1 aliphatic carbocycles. The van der Waals surface area contributed by atoms with E-state index in [-0.39, 0.29) is 6.04 Å². The quantitative estimate of drug-likeness (QED) is 0.900. The molecule has 3 aliphatic rings. The van der Waals surface area contributed by atoms with E-state index >= 15 is 0 Å². The summed E-state index contributed by atoms with van der Waals surface area (Å²) in [6.45, 7) is 3.61. The van der Waals surface area contributed by atoms with Crippen LogP contribution < -0.4 is 10.2 Å². The molecule has 0 unspecified atom stereocenters. The number of fused-ring (bicyclic) bond motifs is 1. The van der Waals surface area contributed by atoms with E-state index in [9.17, 15) is 4.79 Å². The van der Waals surface area contributed by atoms with E-state index in [1.807, 2.05) is 11.6 Å². The van der Waals surface area contributed by atoms with Gasteiger partial charge in [0.25, 0.3) is 0 Å². The molecule has 4 rings (SSSR count). The Hall–Kier alpha value is -1.14. The van der Waals surface area contributed by atoms with Gasteiger partial charge in [0.1, 0.15) is 0 Å². The Labute approximate surface area is 142 Å². The van der Waals surface area contributed by atoms with Gasteiger partial charge in [-0.25, -0.2) is 4.98 Å². The lowest BCUT2D eigenvalue weighted by atomic mass is 9.85. The molecule has 5 nitrogen and oxygen atoms in total. The summed E-state index contributed by atoms with van der Waals surface area (Å²) in [5, 5.41) is 6.74. The summed E-state index contributed by atoms with van der Waals surface area (Å²) in [7, 11) is 0. The molecule has 0 aromatic carbocycles. The Morgan fingerprint density at radius 3 is 2.91 bits per heavy atom. The molecule has 3 heterocycles. The van der Waals surface area contributed by atoms with Crippen molar-refractivity contribution in [1.82, 2.24) is 15.2 Å². The maximum atomic E-state index is 12.9. The Bertz CT molecular complexity index is 521. The van der Waals surface area contributed by atoms with Gasteiger partial charge in [-0.3, -0.25) is 4.79 Å². The molecule has 126 valence electrons. The van der Waals surface area contributed by atoms with E-state index in [2.05, 4.69) is 20.1 Å². The maximum Gasteiger partial charge on any atom is 0.239 e. The van der Waals surface area contributed by atoms with E-state index in [0.717, 1.165) is 50.1 Å². The molecule has 23 heavy (non-hydrogen) atoms.